The zero-order chi connectivity index (χ0) is 16.6. The van der Waals surface area contributed by atoms with Crippen LogP contribution in [0.5, 0.6) is 0 Å². The summed E-state index contributed by atoms with van der Waals surface area (Å²) in [6.45, 7) is 1.98. The number of fused-ring (bicyclic) bond motifs is 1. The Labute approximate surface area is 128 Å². The van der Waals surface area contributed by atoms with Crippen LogP contribution in [0.2, 0.25) is 0 Å². The largest absolute Gasteiger partial charge is 0.433 e. The number of carbonyl (C=O) groups excluding carboxylic acids is 1. The predicted octanol–water partition coefficient (Wildman–Crippen LogP) is 2.72. The minimum atomic E-state index is -4.53. The van der Waals surface area contributed by atoms with Gasteiger partial charge in [0, 0.05) is 6.42 Å². The van der Waals surface area contributed by atoms with Gasteiger partial charge in [-0.3, -0.25) is 4.79 Å². The fraction of sp³-hybridized carbons (Fsp3) is 0.357. The first kappa shape index (κ1) is 15.5. The van der Waals surface area contributed by atoms with Gasteiger partial charge in [0.1, 0.15) is 11.5 Å². The van der Waals surface area contributed by atoms with Crippen molar-refractivity contribution in [1.82, 2.24) is 10.1 Å². The fourth-order valence-corrected chi connectivity index (χ4v) is 2.34. The third kappa shape index (κ3) is 3.04. The second-order valence-corrected chi connectivity index (χ2v) is 5.08. The lowest BCUT2D eigenvalue weighted by atomic mass is 10.1. The molecule has 1 amide bonds. The van der Waals surface area contributed by atoms with Crippen molar-refractivity contribution in [3.05, 3.63) is 40.5 Å². The molecule has 9 heteroatoms. The smallest absolute Gasteiger partial charge is 0.376 e. The Kier molecular flexibility index (Phi) is 3.80. The van der Waals surface area contributed by atoms with Crippen molar-refractivity contribution in [2.75, 3.05) is 11.9 Å². The highest BCUT2D eigenvalue weighted by molar-refractivity contribution is 6.03. The molecule has 0 saturated carbocycles. The van der Waals surface area contributed by atoms with Gasteiger partial charge in [0.2, 0.25) is 0 Å². The molecule has 1 aliphatic heterocycles. The summed E-state index contributed by atoms with van der Waals surface area (Å²) in [6.07, 6.45) is -3.05. The number of ether oxygens (including phenoxy) is 1. The van der Waals surface area contributed by atoms with E-state index in [-0.39, 0.29) is 23.6 Å². The SMILES string of the molecule is Cc1cc(NC(=O)c2noc3c2COCC3)cnc1C(F)(F)F. The molecule has 0 aliphatic carbocycles. The van der Waals surface area contributed by atoms with Crippen molar-refractivity contribution in [3.8, 4) is 0 Å². The minimum absolute atomic E-state index is 0.0669. The number of alkyl halides is 3. The first-order valence-corrected chi connectivity index (χ1v) is 6.76. The van der Waals surface area contributed by atoms with Gasteiger partial charge in [-0.2, -0.15) is 13.2 Å². The highest BCUT2D eigenvalue weighted by atomic mass is 19.4. The molecule has 0 radical (unpaired) electrons. The first-order chi connectivity index (χ1) is 10.9. The molecular weight excluding hydrogens is 315 g/mol. The quantitative estimate of drug-likeness (QED) is 0.918. The number of carbonyl (C=O) groups is 1. The number of aryl methyl sites for hydroxylation is 1. The van der Waals surface area contributed by atoms with Crippen LogP contribution >= 0.6 is 0 Å². The van der Waals surface area contributed by atoms with Gasteiger partial charge in [0.15, 0.2) is 5.69 Å². The van der Waals surface area contributed by atoms with Crippen LogP contribution in [0, 0.1) is 6.92 Å². The van der Waals surface area contributed by atoms with E-state index in [2.05, 4.69) is 15.5 Å². The van der Waals surface area contributed by atoms with Crippen LogP contribution in [0.1, 0.15) is 33.1 Å². The van der Waals surface area contributed by atoms with E-state index in [1.54, 1.807) is 0 Å². The number of rotatable bonds is 2. The van der Waals surface area contributed by atoms with Gasteiger partial charge < -0.3 is 14.6 Å². The molecule has 0 bridgehead atoms. The molecule has 0 unspecified atom stereocenters. The molecular formula is C14H12F3N3O3. The van der Waals surface area contributed by atoms with Gasteiger partial charge in [-0.1, -0.05) is 5.16 Å². The number of aromatic nitrogens is 2. The molecule has 0 fully saturated rings. The highest BCUT2D eigenvalue weighted by Crippen LogP contribution is 2.31. The molecule has 2 aromatic heterocycles. The molecule has 2 aromatic rings. The van der Waals surface area contributed by atoms with E-state index in [4.69, 9.17) is 9.26 Å². The van der Waals surface area contributed by atoms with Crippen LogP contribution in [0.15, 0.2) is 16.8 Å². The Morgan fingerprint density at radius 2 is 2.17 bits per heavy atom. The van der Waals surface area contributed by atoms with E-state index >= 15 is 0 Å². The number of pyridine rings is 1. The van der Waals surface area contributed by atoms with Crippen LogP contribution in [0.3, 0.4) is 0 Å². The second kappa shape index (κ2) is 5.65. The summed E-state index contributed by atoms with van der Waals surface area (Å²) in [6, 6.07) is 1.21. The Balaban J connectivity index is 1.81. The van der Waals surface area contributed by atoms with Crippen molar-refractivity contribution in [3.63, 3.8) is 0 Å². The number of amides is 1. The third-order valence-electron chi connectivity index (χ3n) is 3.41. The first-order valence-electron chi connectivity index (χ1n) is 6.76. The Bertz CT molecular complexity index is 755. The monoisotopic (exact) mass is 327 g/mol. The maximum absolute atomic E-state index is 12.7. The van der Waals surface area contributed by atoms with E-state index < -0.39 is 17.8 Å². The second-order valence-electron chi connectivity index (χ2n) is 5.08. The number of halogens is 3. The summed E-state index contributed by atoms with van der Waals surface area (Å²) in [5.74, 6) is 0.00424. The lowest BCUT2D eigenvalue weighted by Gasteiger charge is -2.12. The number of hydrogen-bond acceptors (Lipinski definition) is 5. The fourth-order valence-electron chi connectivity index (χ4n) is 2.34. The molecule has 0 spiro atoms. The molecule has 3 heterocycles. The van der Waals surface area contributed by atoms with Crippen molar-refractivity contribution < 1.29 is 27.2 Å². The standard InChI is InChI=1S/C14H12F3N3O3/c1-7-4-8(5-18-12(7)14(15,16)17)19-13(21)11-9-6-22-3-2-10(9)23-20-11/h4-5H,2-3,6H2,1H3,(H,19,21). The van der Waals surface area contributed by atoms with Crippen molar-refractivity contribution in [2.24, 2.45) is 0 Å². The maximum atomic E-state index is 12.7. The minimum Gasteiger partial charge on any atom is -0.376 e. The van der Waals surface area contributed by atoms with E-state index in [0.29, 0.717) is 24.4 Å². The molecule has 122 valence electrons. The van der Waals surface area contributed by atoms with Crippen LogP contribution in [0.4, 0.5) is 18.9 Å². The number of nitrogens with one attached hydrogen (secondary N) is 1. The Hall–Kier alpha value is -2.42. The Morgan fingerprint density at radius 3 is 2.87 bits per heavy atom. The van der Waals surface area contributed by atoms with E-state index in [9.17, 15) is 18.0 Å². The molecule has 0 saturated heterocycles. The van der Waals surface area contributed by atoms with Crippen molar-refractivity contribution >= 4 is 11.6 Å². The van der Waals surface area contributed by atoms with Crippen LogP contribution < -0.4 is 5.32 Å². The summed E-state index contributed by atoms with van der Waals surface area (Å²) in [7, 11) is 0. The molecule has 1 aliphatic rings. The van der Waals surface area contributed by atoms with E-state index in [1.807, 2.05) is 0 Å². The molecule has 0 atom stereocenters. The lowest BCUT2D eigenvalue weighted by Crippen LogP contribution is -2.18. The third-order valence-corrected chi connectivity index (χ3v) is 3.41. The maximum Gasteiger partial charge on any atom is 0.433 e. The molecule has 3 rings (SSSR count). The number of nitrogens with zero attached hydrogens (tertiary/aromatic N) is 2. The summed E-state index contributed by atoms with van der Waals surface area (Å²) >= 11 is 0. The summed E-state index contributed by atoms with van der Waals surface area (Å²) in [5, 5.41) is 6.17. The molecule has 0 aromatic carbocycles. The van der Waals surface area contributed by atoms with Gasteiger partial charge in [-0.25, -0.2) is 4.98 Å². The molecule has 1 N–H and O–H groups in total. The zero-order valence-electron chi connectivity index (χ0n) is 12.0. The normalized spacial score (nSPS) is 14.4. The number of anilines is 1. The summed E-state index contributed by atoms with van der Waals surface area (Å²) in [4.78, 5) is 15.6. The van der Waals surface area contributed by atoms with Crippen molar-refractivity contribution in [2.45, 2.75) is 26.1 Å². The predicted molar refractivity (Wildman–Crippen MR) is 71.8 cm³/mol. The van der Waals surface area contributed by atoms with Gasteiger partial charge in [0.05, 0.1) is 30.7 Å². The molecule has 6 nitrogen and oxygen atoms in total. The van der Waals surface area contributed by atoms with Crippen molar-refractivity contribution in [1.29, 1.82) is 0 Å². The van der Waals surface area contributed by atoms with Gasteiger partial charge in [-0.15, -0.1) is 0 Å². The Morgan fingerprint density at radius 1 is 1.39 bits per heavy atom. The summed E-state index contributed by atoms with van der Waals surface area (Å²) in [5.41, 5.74) is -0.292. The average molecular weight is 327 g/mol. The van der Waals surface area contributed by atoms with E-state index in [1.165, 1.54) is 13.0 Å². The summed E-state index contributed by atoms with van der Waals surface area (Å²) < 4.78 is 48.3. The van der Waals surface area contributed by atoms with Gasteiger partial charge in [-0.05, 0) is 18.6 Å². The lowest BCUT2D eigenvalue weighted by molar-refractivity contribution is -0.141. The van der Waals surface area contributed by atoms with Crippen LogP contribution in [-0.4, -0.2) is 22.7 Å². The van der Waals surface area contributed by atoms with Crippen LogP contribution in [-0.2, 0) is 23.9 Å². The highest BCUT2D eigenvalue weighted by Gasteiger charge is 2.34. The van der Waals surface area contributed by atoms with Gasteiger partial charge >= 0.3 is 6.18 Å². The average Bonchev–Trinajstić information content (AvgIpc) is 2.90. The topological polar surface area (TPSA) is 77.2 Å². The van der Waals surface area contributed by atoms with Gasteiger partial charge in [0.25, 0.3) is 5.91 Å². The number of hydrogen-bond donors (Lipinski definition) is 1. The van der Waals surface area contributed by atoms with E-state index in [0.717, 1.165) is 6.20 Å². The van der Waals surface area contributed by atoms with Crippen LogP contribution in [0.25, 0.3) is 0 Å². The zero-order valence-corrected chi connectivity index (χ0v) is 12.0. The molecule has 23 heavy (non-hydrogen) atoms.